The molecule has 0 aromatic carbocycles. The molecular weight excluding hydrogens is 294 g/mol. The lowest BCUT2D eigenvalue weighted by atomic mass is 9.45. The Kier molecular flexibility index (Phi) is 4.37. The first kappa shape index (κ1) is 17.0. The Morgan fingerprint density at radius 3 is 2.32 bits per heavy atom. The van der Waals surface area contributed by atoms with Gasteiger partial charge in [-0.2, -0.15) is 0 Å². The minimum absolute atomic E-state index is 0. The Labute approximate surface area is 142 Å². The normalized spacial score (nSPS) is 57.3. The lowest BCUT2D eigenvalue weighted by molar-refractivity contribution is -0.122. The number of aliphatic hydroxyl groups is 1. The van der Waals surface area contributed by atoms with Crippen LogP contribution in [0.1, 0.15) is 71.6 Å². The van der Waals surface area contributed by atoms with Crippen LogP contribution in [0.25, 0.3) is 0 Å². The van der Waals surface area contributed by atoms with Gasteiger partial charge in [0.25, 0.3) is 0 Å². The molecule has 4 aliphatic carbocycles. The van der Waals surface area contributed by atoms with E-state index in [1.54, 1.807) is 0 Å². The van der Waals surface area contributed by atoms with E-state index in [-0.39, 0.29) is 23.9 Å². The van der Waals surface area contributed by atoms with E-state index in [4.69, 9.17) is 5.73 Å². The summed E-state index contributed by atoms with van der Waals surface area (Å²) in [6, 6.07) is 0.460. The predicted molar refractivity (Wildman–Crippen MR) is 93.0 cm³/mol. The highest BCUT2D eigenvalue weighted by Crippen LogP contribution is 2.66. The molecule has 0 amide bonds. The van der Waals surface area contributed by atoms with Crippen LogP contribution < -0.4 is 5.73 Å². The van der Waals surface area contributed by atoms with E-state index in [9.17, 15) is 5.11 Å². The number of fused-ring (bicyclic) bond motifs is 5. The second-order valence-corrected chi connectivity index (χ2v) is 9.33. The van der Waals surface area contributed by atoms with Crippen LogP contribution in [0.3, 0.4) is 0 Å². The molecule has 0 aliphatic heterocycles. The lowest BCUT2D eigenvalue weighted by Crippen LogP contribution is -2.55. The SMILES string of the molecule is C[C@]12CCC3C(CC[C@H]4C[C@H](N)CC[C@]34C)C1CC[C@H]2O.Cl. The highest BCUT2D eigenvalue weighted by molar-refractivity contribution is 5.85. The maximum Gasteiger partial charge on any atom is 0.0596 e. The van der Waals surface area contributed by atoms with Crippen molar-refractivity contribution in [2.75, 3.05) is 0 Å². The molecule has 22 heavy (non-hydrogen) atoms. The molecule has 128 valence electrons. The van der Waals surface area contributed by atoms with Crippen LogP contribution >= 0.6 is 12.4 Å². The summed E-state index contributed by atoms with van der Waals surface area (Å²) in [5, 5.41) is 10.5. The summed E-state index contributed by atoms with van der Waals surface area (Å²) in [6.07, 6.45) is 11.6. The molecule has 4 aliphatic rings. The van der Waals surface area contributed by atoms with Gasteiger partial charge in [0, 0.05) is 6.04 Å². The zero-order chi connectivity index (χ0) is 14.8. The summed E-state index contributed by atoms with van der Waals surface area (Å²) >= 11 is 0. The van der Waals surface area contributed by atoms with E-state index >= 15 is 0 Å². The van der Waals surface area contributed by atoms with Crippen molar-refractivity contribution in [1.82, 2.24) is 0 Å². The number of halogens is 1. The van der Waals surface area contributed by atoms with Crippen LogP contribution in [0.2, 0.25) is 0 Å². The van der Waals surface area contributed by atoms with Crippen molar-refractivity contribution in [3.05, 3.63) is 0 Å². The molecule has 2 nitrogen and oxygen atoms in total. The quantitative estimate of drug-likeness (QED) is 0.702. The van der Waals surface area contributed by atoms with Gasteiger partial charge in [-0.05, 0) is 92.3 Å². The van der Waals surface area contributed by atoms with Crippen LogP contribution in [0.4, 0.5) is 0 Å². The number of aliphatic hydroxyl groups excluding tert-OH is 1. The van der Waals surface area contributed by atoms with Crippen molar-refractivity contribution in [2.45, 2.75) is 83.8 Å². The summed E-state index contributed by atoms with van der Waals surface area (Å²) < 4.78 is 0. The fourth-order valence-corrected chi connectivity index (χ4v) is 7.26. The van der Waals surface area contributed by atoms with E-state index in [1.165, 1.54) is 51.4 Å². The Morgan fingerprint density at radius 2 is 1.55 bits per heavy atom. The highest BCUT2D eigenvalue weighted by atomic mass is 35.5. The van der Waals surface area contributed by atoms with Crippen LogP contribution in [0.5, 0.6) is 0 Å². The minimum Gasteiger partial charge on any atom is -0.393 e. The first-order valence-corrected chi connectivity index (χ1v) is 9.39. The molecule has 0 aromatic rings. The number of rotatable bonds is 0. The number of hydrogen-bond acceptors (Lipinski definition) is 2. The van der Waals surface area contributed by atoms with Gasteiger partial charge in [-0.25, -0.2) is 0 Å². The van der Waals surface area contributed by atoms with Gasteiger partial charge in [-0.3, -0.25) is 0 Å². The van der Waals surface area contributed by atoms with Gasteiger partial charge in [0.05, 0.1) is 6.10 Å². The van der Waals surface area contributed by atoms with Crippen LogP contribution in [-0.4, -0.2) is 17.3 Å². The summed E-state index contributed by atoms with van der Waals surface area (Å²) in [5.74, 6) is 3.46. The molecule has 0 heterocycles. The molecule has 3 unspecified atom stereocenters. The number of hydrogen-bond donors (Lipinski definition) is 2. The standard InChI is InChI=1S/C19H33NO.ClH/c1-18-9-7-13(20)11-12(18)3-4-14-15-5-6-17(21)19(15,2)10-8-16(14)18;/h12-17,21H,3-11,20H2,1-2H3;1H/t12-,13+,14?,15?,16?,17+,18-,19-;/m0./s1. The molecular formula is C19H34ClNO. The fourth-order valence-electron chi connectivity index (χ4n) is 7.26. The van der Waals surface area contributed by atoms with Crippen LogP contribution in [0.15, 0.2) is 0 Å². The molecule has 8 atom stereocenters. The summed E-state index contributed by atoms with van der Waals surface area (Å²) in [6.45, 7) is 4.98. The third kappa shape index (κ3) is 2.20. The largest absolute Gasteiger partial charge is 0.393 e. The predicted octanol–water partition coefficient (Wildman–Crippen LogP) is 4.14. The zero-order valence-electron chi connectivity index (χ0n) is 14.3. The maximum absolute atomic E-state index is 10.5. The Hall–Kier alpha value is 0.210. The van der Waals surface area contributed by atoms with Gasteiger partial charge in [-0.1, -0.05) is 13.8 Å². The van der Waals surface area contributed by atoms with Gasteiger partial charge in [0.1, 0.15) is 0 Å². The summed E-state index contributed by atoms with van der Waals surface area (Å²) in [7, 11) is 0. The average molecular weight is 328 g/mol. The first-order chi connectivity index (χ1) is 9.95. The molecule has 0 bridgehead atoms. The van der Waals surface area contributed by atoms with E-state index in [1.807, 2.05) is 0 Å². The molecule has 4 saturated carbocycles. The van der Waals surface area contributed by atoms with Crippen molar-refractivity contribution < 1.29 is 5.11 Å². The van der Waals surface area contributed by atoms with E-state index in [2.05, 4.69) is 13.8 Å². The Morgan fingerprint density at radius 1 is 0.864 bits per heavy atom. The van der Waals surface area contributed by atoms with Crippen LogP contribution in [-0.2, 0) is 0 Å². The lowest BCUT2D eigenvalue weighted by Gasteiger charge is -2.60. The van der Waals surface area contributed by atoms with Gasteiger partial charge < -0.3 is 10.8 Å². The smallest absolute Gasteiger partial charge is 0.0596 e. The topological polar surface area (TPSA) is 46.2 Å². The molecule has 0 radical (unpaired) electrons. The van der Waals surface area contributed by atoms with E-state index < -0.39 is 0 Å². The maximum atomic E-state index is 10.5. The summed E-state index contributed by atoms with van der Waals surface area (Å²) in [5.41, 5.74) is 7.04. The molecule has 4 rings (SSSR count). The molecule has 3 N–H and O–H groups in total. The molecule has 0 spiro atoms. The van der Waals surface area contributed by atoms with Gasteiger partial charge in [0.15, 0.2) is 0 Å². The van der Waals surface area contributed by atoms with Crippen molar-refractivity contribution >= 4 is 12.4 Å². The Bertz CT molecular complexity index is 430. The monoisotopic (exact) mass is 327 g/mol. The first-order valence-electron chi connectivity index (χ1n) is 9.39. The molecule has 0 saturated heterocycles. The Balaban J connectivity index is 0.00000144. The molecule has 3 heteroatoms. The zero-order valence-corrected chi connectivity index (χ0v) is 15.1. The van der Waals surface area contributed by atoms with Gasteiger partial charge in [0.2, 0.25) is 0 Å². The molecule has 4 fully saturated rings. The van der Waals surface area contributed by atoms with Gasteiger partial charge in [-0.15, -0.1) is 12.4 Å². The van der Waals surface area contributed by atoms with Crippen molar-refractivity contribution in [3.8, 4) is 0 Å². The minimum atomic E-state index is -0.0336. The van der Waals surface area contributed by atoms with E-state index in [0.29, 0.717) is 11.5 Å². The molecule has 0 aromatic heterocycles. The van der Waals surface area contributed by atoms with Crippen molar-refractivity contribution in [2.24, 2.45) is 40.2 Å². The second-order valence-electron chi connectivity index (χ2n) is 9.33. The third-order valence-corrected chi connectivity index (χ3v) is 8.66. The fraction of sp³-hybridized carbons (Fsp3) is 1.00. The van der Waals surface area contributed by atoms with Crippen LogP contribution in [0, 0.1) is 34.5 Å². The average Bonchev–Trinajstić information content (AvgIpc) is 2.76. The van der Waals surface area contributed by atoms with Crippen molar-refractivity contribution in [3.63, 3.8) is 0 Å². The van der Waals surface area contributed by atoms with Gasteiger partial charge >= 0.3 is 0 Å². The van der Waals surface area contributed by atoms with Crippen molar-refractivity contribution in [1.29, 1.82) is 0 Å². The summed E-state index contributed by atoms with van der Waals surface area (Å²) in [4.78, 5) is 0. The third-order valence-electron chi connectivity index (χ3n) is 8.66. The highest BCUT2D eigenvalue weighted by Gasteiger charge is 2.59. The number of nitrogens with two attached hydrogens (primary N) is 1. The second kappa shape index (κ2) is 5.63. The van der Waals surface area contributed by atoms with E-state index in [0.717, 1.165) is 30.1 Å².